The lowest BCUT2D eigenvalue weighted by atomic mass is 10.2. The van der Waals surface area contributed by atoms with E-state index in [0.29, 0.717) is 23.5 Å². The highest BCUT2D eigenvalue weighted by Gasteiger charge is 2.39. The summed E-state index contributed by atoms with van der Waals surface area (Å²) in [5, 5.41) is 23.9. The summed E-state index contributed by atoms with van der Waals surface area (Å²) >= 11 is 0. The predicted octanol–water partition coefficient (Wildman–Crippen LogP) is 3.21. The molecule has 2 heterocycles. The number of benzene rings is 2. The summed E-state index contributed by atoms with van der Waals surface area (Å²) in [6.45, 7) is 0.697. The van der Waals surface area contributed by atoms with Gasteiger partial charge in [0, 0.05) is 12.2 Å². The number of aromatic nitrogens is 4. The van der Waals surface area contributed by atoms with Crippen LogP contribution < -0.4 is 10.6 Å². The van der Waals surface area contributed by atoms with Gasteiger partial charge in [-0.1, -0.05) is 39.6 Å². The Balaban J connectivity index is 1.60. The maximum Gasteiger partial charge on any atom is 0.360 e. The van der Waals surface area contributed by atoms with Crippen LogP contribution in [0, 0.1) is 0 Å². The van der Waals surface area contributed by atoms with Crippen LogP contribution in [0.2, 0.25) is 0 Å². The van der Waals surface area contributed by atoms with Gasteiger partial charge in [-0.15, -0.1) is 0 Å². The Morgan fingerprint density at radius 3 is 2.57 bits per heavy atom. The molecule has 0 amide bonds. The first-order valence-electron chi connectivity index (χ1n) is 10.8. The molecule has 0 saturated carbocycles. The third-order valence-electron chi connectivity index (χ3n) is 5.27. The zero-order valence-electron chi connectivity index (χ0n) is 18.6. The monoisotopic (exact) mass is 516 g/mol. The van der Waals surface area contributed by atoms with Crippen LogP contribution in [0.25, 0.3) is 11.2 Å². The highest BCUT2D eigenvalue weighted by molar-refractivity contribution is 7.61. The highest BCUT2D eigenvalue weighted by atomic mass is 31.2. The van der Waals surface area contributed by atoms with Crippen LogP contribution in [-0.2, 0) is 11.1 Å². The van der Waals surface area contributed by atoms with Crippen molar-refractivity contribution in [3.63, 3.8) is 0 Å². The molecule has 6 N–H and O–H groups in total. The van der Waals surface area contributed by atoms with Gasteiger partial charge in [0.15, 0.2) is 22.1 Å². The van der Waals surface area contributed by atoms with Crippen LogP contribution in [0.3, 0.4) is 0 Å². The minimum atomic E-state index is -4.68. The van der Waals surface area contributed by atoms with Gasteiger partial charge in [0.05, 0.1) is 12.9 Å². The van der Waals surface area contributed by atoms with Gasteiger partial charge in [-0.2, -0.15) is 9.97 Å². The first kappa shape index (κ1) is 25.0. The van der Waals surface area contributed by atoms with Gasteiger partial charge >= 0.3 is 7.60 Å². The fourth-order valence-corrected chi connectivity index (χ4v) is 4.08. The summed E-state index contributed by atoms with van der Waals surface area (Å²) in [5.74, 6) is 0.938. The topological polar surface area (TPSA) is 166 Å². The molecule has 0 aliphatic rings. The van der Waals surface area contributed by atoms with Crippen molar-refractivity contribution >= 4 is 45.5 Å². The summed E-state index contributed by atoms with van der Waals surface area (Å²) < 4.78 is 13.2. The van der Waals surface area contributed by atoms with Crippen LogP contribution in [0.4, 0.5) is 17.5 Å². The number of hydrogen-bond acceptors (Lipinski definition) is 8. The van der Waals surface area contributed by atoms with Crippen molar-refractivity contribution < 1.29 is 24.6 Å². The molecule has 184 valence electrons. The number of nitrogens with zero attached hydrogens (tertiary/aromatic N) is 4. The van der Waals surface area contributed by atoms with E-state index in [1.165, 1.54) is 0 Å². The number of para-hydroxylation sites is 1. The number of phenols is 1. The van der Waals surface area contributed by atoms with Crippen LogP contribution in [0.1, 0.15) is 18.4 Å². The Morgan fingerprint density at radius 1 is 1.09 bits per heavy atom. The summed E-state index contributed by atoms with van der Waals surface area (Å²) in [6, 6.07) is 16.4. The average Bonchev–Trinajstić information content (AvgIpc) is 3.19. The second-order valence-corrected chi connectivity index (χ2v) is 11.4. The number of aromatic hydroxyl groups is 1. The molecule has 2 aromatic carbocycles. The van der Waals surface area contributed by atoms with E-state index in [4.69, 9.17) is 0 Å². The number of hydrogen-bond donors (Lipinski definition) is 6. The van der Waals surface area contributed by atoms with Crippen LogP contribution in [0.5, 0.6) is 5.75 Å². The molecule has 0 aliphatic heterocycles. The quantitative estimate of drug-likeness (QED) is 0.136. The molecule has 2 aromatic heterocycles. The molecule has 0 spiro atoms. The largest absolute Gasteiger partial charge is 0.508 e. The smallest absolute Gasteiger partial charge is 0.360 e. The van der Waals surface area contributed by atoms with E-state index in [0.717, 1.165) is 11.3 Å². The molecule has 0 aliphatic carbocycles. The second kappa shape index (κ2) is 10.3. The average molecular weight is 516 g/mol. The van der Waals surface area contributed by atoms with Crippen LogP contribution in [0.15, 0.2) is 60.9 Å². The van der Waals surface area contributed by atoms with Gasteiger partial charge < -0.3 is 35.2 Å². The number of aliphatic hydroxyl groups is 1. The lowest BCUT2D eigenvalue weighted by Gasteiger charge is -2.23. The maximum atomic E-state index is 11.4. The number of nitrogens with one attached hydrogen (secondary N) is 2. The van der Waals surface area contributed by atoms with Crippen molar-refractivity contribution in [2.45, 2.75) is 24.5 Å². The fraction of sp³-hybridized carbons (Fsp3) is 0.227. The maximum absolute atomic E-state index is 11.4. The minimum Gasteiger partial charge on any atom is -0.508 e. The Kier molecular flexibility index (Phi) is 7.35. The second-order valence-electron chi connectivity index (χ2n) is 8.05. The van der Waals surface area contributed by atoms with Gasteiger partial charge in [0.2, 0.25) is 5.95 Å². The van der Waals surface area contributed by atoms with Crippen molar-refractivity contribution in [2.24, 2.45) is 0 Å². The van der Waals surface area contributed by atoms with Gasteiger partial charge in [-0.3, -0.25) is 4.57 Å². The molecule has 2 atom stereocenters. The van der Waals surface area contributed by atoms with Gasteiger partial charge in [-0.05, 0) is 42.7 Å². The molecular formula is C22H26N6O5P2. The fourth-order valence-electron chi connectivity index (χ4n) is 3.43. The first-order valence-corrected chi connectivity index (χ1v) is 12.9. The zero-order chi connectivity index (χ0) is 25.1. The summed E-state index contributed by atoms with van der Waals surface area (Å²) in [7, 11) is -2.85. The highest BCUT2D eigenvalue weighted by Crippen LogP contribution is 2.55. The van der Waals surface area contributed by atoms with E-state index in [1.807, 2.05) is 50.2 Å². The number of fused-ring (bicyclic) bond motifs is 1. The van der Waals surface area contributed by atoms with Crippen LogP contribution in [-0.4, -0.2) is 51.1 Å². The normalized spacial score (nSPS) is 13.5. The molecule has 0 radical (unpaired) electrons. The van der Waals surface area contributed by atoms with E-state index in [1.54, 1.807) is 24.5 Å². The molecule has 0 fully saturated rings. The van der Waals surface area contributed by atoms with E-state index < -0.39 is 12.7 Å². The van der Waals surface area contributed by atoms with E-state index >= 15 is 0 Å². The lowest BCUT2D eigenvalue weighted by Crippen LogP contribution is -2.21. The Hall–Kier alpha value is -3.07. The van der Waals surface area contributed by atoms with Gasteiger partial charge in [0.1, 0.15) is 5.75 Å². The van der Waals surface area contributed by atoms with E-state index in [-0.39, 0.29) is 31.1 Å². The number of imidazole rings is 1. The Labute approximate surface area is 203 Å². The molecular weight excluding hydrogens is 490 g/mol. The van der Waals surface area contributed by atoms with Gasteiger partial charge in [0.25, 0.3) is 0 Å². The third-order valence-corrected chi connectivity index (χ3v) is 7.80. The van der Waals surface area contributed by atoms with Crippen molar-refractivity contribution in [1.82, 2.24) is 19.5 Å². The van der Waals surface area contributed by atoms with Crippen molar-refractivity contribution in [3.05, 3.63) is 66.5 Å². The summed E-state index contributed by atoms with van der Waals surface area (Å²) in [6.07, 6.45) is 1.77. The lowest BCUT2D eigenvalue weighted by molar-refractivity contribution is 0.162. The molecule has 11 nitrogen and oxygen atoms in total. The summed E-state index contributed by atoms with van der Waals surface area (Å²) in [5.41, 5.74) is 2.80. The SMILES string of the molecule is O=P(O)(O)C(O)(P)CCCNc1nc(Nc2ccccc2)c2ncn(Cc3cccc(O)c3)c2n1. The van der Waals surface area contributed by atoms with Crippen molar-refractivity contribution in [3.8, 4) is 5.75 Å². The number of rotatable bonds is 10. The van der Waals surface area contributed by atoms with E-state index in [9.17, 15) is 24.6 Å². The first-order chi connectivity index (χ1) is 16.6. The molecule has 0 saturated heterocycles. The number of phenolic OH excluding ortho intramolecular Hbond substituents is 1. The van der Waals surface area contributed by atoms with Crippen molar-refractivity contribution in [2.75, 3.05) is 17.2 Å². The number of anilines is 3. The van der Waals surface area contributed by atoms with Crippen molar-refractivity contribution in [1.29, 1.82) is 0 Å². The molecule has 35 heavy (non-hydrogen) atoms. The predicted molar refractivity (Wildman–Crippen MR) is 137 cm³/mol. The summed E-state index contributed by atoms with van der Waals surface area (Å²) in [4.78, 5) is 32.2. The molecule has 0 bridgehead atoms. The third kappa shape index (κ3) is 6.14. The molecule has 13 heteroatoms. The zero-order valence-corrected chi connectivity index (χ0v) is 20.7. The van der Waals surface area contributed by atoms with Gasteiger partial charge in [-0.25, -0.2) is 4.98 Å². The molecule has 4 rings (SSSR count). The minimum absolute atomic E-state index is 0.137. The van der Waals surface area contributed by atoms with Crippen LogP contribution >= 0.6 is 16.8 Å². The Morgan fingerprint density at radius 2 is 1.86 bits per heavy atom. The molecule has 2 unspecified atom stereocenters. The van der Waals surface area contributed by atoms with E-state index in [2.05, 4.69) is 25.6 Å². The standard InChI is InChI=1S/C22H26N6O5P2/c29-17-9-4-6-15(12-17)13-28-14-24-18-19(25-16-7-2-1-3-8-16)26-21(27-20(18)28)23-11-5-10-22(30,34)35(31,32)33/h1-4,6-9,12,14,29-30H,5,10-11,13,34H2,(H2,31,32,33)(H2,23,25,26,27). The Bertz CT molecular complexity index is 1360. The molecule has 4 aromatic rings.